The lowest BCUT2D eigenvalue weighted by Crippen LogP contribution is -2.35. The highest BCUT2D eigenvalue weighted by atomic mass is 16.2. The molecule has 8 nitrogen and oxygen atoms in total. The SMILES string of the molecule is Cc1nc([C@H]2CCCN2C(=O)c2cc3c([nH]c2=O)CCC3)ncc1C(=O)Nc1ccccc1. The van der Waals surface area contributed by atoms with Gasteiger partial charge in [-0.1, -0.05) is 18.2 Å². The van der Waals surface area contributed by atoms with Gasteiger partial charge in [-0.3, -0.25) is 14.4 Å². The normalized spacial score (nSPS) is 17.1. The van der Waals surface area contributed by atoms with Gasteiger partial charge in [0.15, 0.2) is 5.82 Å². The Morgan fingerprint density at radius 3 is 2.73 bits per heavy atom. The lowest BCUT2D eigenvalue weighted by Gasteiger charge is -2.24. The number of aromatic amines is 1. The van der Waals surface area contributed by atoms with Crippen molar-refractivity contribution >= 4 is 17.5 Å². The van der Waals surface area contributed by atoms with E-state index in [0.717, 1.165) is 36.9 Å². The molecule has 1 aliphatic carbocycles. The molecule has 2 N–H and O–H groups in total. The van der Waals surface area contributed by atoms with Crippen LogP contribution in [0.15, 0.2) is 47.4 Å². The summed E-state index contributed by atoms with van der Waals surface area (Å²) in [4.78, 5) is 52.1. The molecule has 0 unspecified atom stereocenters. The molecule has 1 saturated heterocycles. The number of anilines is 1. The minimum absolute atomic E-state index is 0.179. The van der Waals surface area contributed by atoms with Crippen molar-refractivity contribution < 1.29 is 9.59 Å². The molecule has 0 radical (unpaired) electrons. The van der Waals surface area contributed by atoms with Crippen molar-refractivity contribution in [3.8, 4) is 0 Å². The topological polar surface area (TPSA) is 108 Å². The lowest BCUT2D eigenvalue weighted by atomic mass is 10.1. The molecule has 3 aromatic rings. The molecule has 0 bridgehead atoms. The van der Waals surface area contributed by atoms with Crippen LogP contribution in [0.3, 0.4) is 0 Å². The highest BCUT2D eigenvalue weighted by Gasteiger charge is 2.34. The molecule has 2 amide bonds. The van der Waals surface area contributed by atoms with Crippen molar-refractivity contribution in [3.63, 3.8) is 0 Å². The number of para-hydroxylation sites is 1. The lowest BCUT2D eigenvalue weighted by molar-refractivity contribution is 0.0727. The highest BCUT2D eigenvalue weighted by Crippen LogP contribution is 2.31. The van der Waals surface area contributed by atoms with Crippen LogP contribution in [0, 0.1) is 6.92 Å². The first kappa shape index (κ1) is 21.1. The van der Waals surface area contributed by atoms with E-state index in [-0.39, 0.29) is 29.0 Å². The maximum atomic E-state index is 13.3. The summed E-state index contributed by atoms with van der Waals surface area (Å²) in [7, 11) is 0. The third kappa shape index (κ3) is 4.04. The van der Waals surface area contributed by atoms with Gasteiger partial charge in [0.1, 0.15) is 5.56 Å². The molecule has 2 aliphatic rings. The van der Waals surface area contributed by atoms with Gasteiger partial charge >= 0.3 is 0 Å². The molecule has 0 spiro atoms. The van der Waals surface area contributed by atoms with Crippen LogP contribution in [0.1, 0.15) is 68.8 Å². The summed E-state index contributed by atoms with van der Waals surface area (Å²) in [5, 5.41) is 2.84. The van der Waals surface area contributed by atoms with Crippen LogP contribution >= 0.6 is 0 Å². The number of nitrogens with zero attached hydrogens (tertiary/aromatic N) is 3. The molecule has 1 atom stereocenters. The van der Waals surface area contributed by atoms with Gasteiger partial charge in [0, 0.05) is 24.1 Å². The quantitative estimate of drug-likeness (QED) is 0.644. The van der Waals surface area contributed by atoms with Gasteiger partial charge in [-0.05, 0) is 62.8 Å². The summed E-state index contributed by atoms with van der Waals surface area (Å²) in [5.74, 6) is -0.0814. The molecule has 5 rings (SSSR count). The Morgan fingerprint density at radius 2 is 1.94 bits per heavy atom. The van der Waals surface area contributed by atoms with Gasteiger partial charge in [0.2, 0.25) is 0 Å². The molecule has 8 heteroatoms. The van der Waals surface area contributed by atoms with E-state index < -0.39 is 0 Å². The average Bonchev–Trinajstić information content (AvgIpc) is 3.48. The van der Waals surface area contributed by atoms with Crippen LogP contribution in [-0.2, 0) is 12.8 Å². The first-order valence-electron chi connectivity index (χ1n) is 11.3. The zero-order chi connectivity index (χ0) is 22.9. The van der Waals surface area contributed by atoms with Crippen LogP contribution in [0.2, 0.25) is 0 Å². The average molecular weight is 444 g/mol. The van der Waals surface area contributed by atoms with Crippen molar-refractivity contribution in [3.05, 3.63) is 86.9 Å². The number of fused-ring (bicyclic) bond motifs is 1. The summed E-state index contributed by atoms with van der Waals surface area (Å²) in [6.45, 7) is 2.30. The number of carbonyl (C=O) groups is 2. The number of likely N-dealkylation sites (tertiary alicyclic amines) is 1. The Balaban J connectivity index is 1.38. The van der Waals surface area contributed by atoms with Gasteiger partial charge < -0.3 is 15.2 Å². The molecule has 0 saturated carbocycles. The monoisotopic (exact) mass is 443 g/mol. The predicted octanol–water partition coefficient (Wildman–Crippen LogP) is 3.19. The maximum Gasteiger partial charge on any atom is 0.261 e. The van der Waals surface area contributed by atoms with E-state index in [1.54, 1.807) is 17.9 Å². The number of amides is 2. The second kappa shape index (κ2) is 8.61. The van der Waals surface area contributed by atoms with Crippen molar-refractivity contribution in [2.45, 2.75) is 45.1 Å². The molecule has 168 valence electrons. The fourth-order valence-electron chi connectivity index (χ4n) is 4.69. The molecule has 1 aromatic carbocycles. The van der Waals surface area contributed by atoms with Crippen molar-refractivity contribution in [2.75, 3.05) is 11.9 Å². The second-order valence-electron chi connectivity index (χ2n) is 8.57. The van der Waals surface area contributed by atoms with Crippen LogP contribution in [0.25, 0.3) is 0 Å². The fraction of sp³-hybridized carbons (Fsp3) is 0.320. The Labute approximate surface area is 191 Å². The number of carbonyl (C=O) groups excluding carboxylic acids is 2. The third-order valence-corrected chi connectivity index (χ3v) is 6.40. The van der Waals surface area contributed by atoms with Gasteiger partial charge in [-0.25, -0.2) is 9.97 Å². The first-order chi connectivity index (χ1) is 16.0. The Bertz CT molecular complexity index is 1280. The Hall–Kier alpha value is -3.81. The first-order valence-corrected chi connectivity index (χ1v) is 11.3. The van der Waals surface area contributed by atoms with Gasteiger partial charge in [0.25, 0.3) is 17.4 Å². The highest BCUT2D eigenvalue weighted by molar-refractivity contribution is 6.04. The standard InChI is InChI=1S/C25H25N5O3/c1-15-19(24(32)28-17-8-3-2-4-9-17)14-26-22(27-15)21-11-6-12-30(21)25(33)18-13-16-7-5-10-20(16)29-23(18)31/h2-4,8-9,13-14,21H,5-7,10-12H2,1H3,(H,28,32)(H,29,31)/t21-/m1/s1. The number of benzene rings is 1. The summed E-state index contributed by atoms with van der Waals surface area (Å²) in [6, 6.07) is 10.6. The minimum atomic E-state index is -0.337. The van der Waals surface area contributed by atoms with Crippen molar-refractivity contribution in [1.29, 1.82) is 0 Å². The fourth-order valence-corrected chi connectivity index (χ4v) is 4.69. The largest absolute Gasteiger partial charge is 0.328 e. The zero-order valence-corrected chi connectivity index (χ0v) is 18.4. The van der Waals surface area contributed by atoms with E-state index in [0.29, 0.717) is 35.7 Å². The number of aryl methyl sites for hydroxylation is 3. The number of pyridine rings is 1. The summed E-state index contributed by atoms with van der Waals surface area (Å²) in [5.41, 5.74) is 3.46. The maximum absolute atomic E-state index is 13.3. The molecule has 1 aliphatic heterocycles. The van der Waals surface area contributed by atoms with Gasteiger partial charge in [0.05, 0.1) is 17.3 Å². The number of hydrogen-bond acceptors (Lipinski definition) is 5. The van der Waals surface area contributed by atoms with Gasteiger partial charge in [-0.2, -0.15) is 0 Å². The Kier molecular flexibility index (Phi) is 5.50. The van der Waals surface area contributed by atoms with E-state index in [1.807, 2.05) is 30.3 Å². The number of hydrogen-bond donors (Lipinski definition) is 2. The molecule has 3 heterocycles. The van der Waals surface area contributed by atoms with Crippen molar-refractivity contribution in [1.82, 2.24) is 19.9 Å². The molecule has 1 fully saturated rings. The molecular formula is C25H25N5O3. The number of H-pyrrole nitrogens is 1. The summed E-state index contributed by atoms with van der Waals surface area (Å²) >= 11 is 0. The van der Waals surface area contributed by atoms with E-state index in [2.05, 4.69) is 20.3 Å². The third-order valence-electron chi connectivity index (χ3n) is 6.40. The molecule has 33 heavy (non-hydrogen) atoms. The minimum Gasteiger partial charge on any atom is -0.328 e. The molecular weight excluding hydrogens is 418 g/mol. The van der Waals surface area contributed by atoms with Crippen LogP contribution in [-0.4, -0.2) is 38.2 Å². The summed E-state index contributed by atoms with van der Waals surface area (Å²) in [6.07, 6.45) is 5.75. The second-order valence-corrected chi connectivity index (χ2v) is 8.57. The molecule has 2 aromatic heterocycles. The van der Waals surface area contributed by atoms with E-state index in [4.69, 9.17) is 0 Å². The van der Waals surface area contributed by atoms with Gasteiger partial charge in [-0.15, -0.1) is 0 Å². The van der Waals surface area contributed by atoms with E-state index in [9.17, 15) is 14.4 Å². The number of rotatable bonds is 4. The van der Waals surface area contributed by atoms with Crippen molar-refractivity contribution in [2.24, 2.45) is 0 Å². The number of aromatic nitrogens is 3. The van der Waals surface area contributed by atoms with E-state index >= 15 is 0 Å². The smallest absolute Gasteiger partial charge is 0.261 e. The van der Waals surface area contributed by atoms with Crippen LogP contribution in [0.5, 0.6) is 0 Å². The summed E-state index contributed by atoms with van der Waals surface area (Å²) < 4.78 is 0. The van der Waals surface area contributed by atoms with Crippen LogP contribution in [0.4, 0.5) is 5.69 Å². The zero-order valence-electron chi connectivity index (χ0n) is 18.4. The van der Waals surface area contributed by atoms with E-state index in [1.165, 1.54) is 6.20 Å². The number of nitrogens with one attached hydrogen (secondary N) is 2. The Morgan fingerprint density at radius 1 is 1.12 bits per heavy atom. The van der Waals surface area contributed by atoms with Crippen LogP contribution < -0.4 is 10.9 Å². The predicted molar refractivity (Wildman–Crippen MR) is 123 cm³/mol.